The Kier molecular flexibility index (Phi) is 4.24. The molecule has 0 aliphatic heterocycles. The summed E-state index contributed by atoms with van der Waals surface area (Å²) in [5.74, 6) is -1.47. The van der Waals surface area contributed by atoms with Gasteiger partial charge in [0.1, 0.15) is 5.82 Å². The Morgan fingerprint density at radius 1 is 1.17 bits per heavy atom. The Morgan fingerprint density at radius 3 is 2.62 bits per heavy atom. The van der Waals surface area contributed by atoms with Crippen LogP contribution in [0.25, 0.3) is 11.0 Å². The molecule has 0 spiro atoms. The number of ether oxygens (including phenoxy) is 1. The monoisotopic (exact) mass is 334 g/mol. The maximum Gasteiger partial charge on any atom is 0.338 e. The fourth-order valence-corrected chi connectivity index (χ4v) is 2.45. The lowest BCUT2D eigenvalue weighted by Gasteiger charge is -2.15. The molecule has 0 fully saturated rings. The Balaban J connectivity index is 1.92. The molecule has 0 aliphatic carbocycles. The predicted octanol–water partition coefficient (Wildman–Crippen LogP) is 4.49. The number of fused-ring (bicyclic) bond motifs is 1. The number of carbonyl (C=O) groups excluding carboxylic acids is 1. The quantitative estimate of drug-likeness (QED) is 0.660. The van der Waals surface area contributed by atoms with Gasteiger partial charge in [-0.3, -0.25) is 4.57 Å². The van der Waals surface area contributed by atoms with E-state index >= 15 is 0 Å². The van der Waals surface area contributed by atoms with Crippen molar-refractivity contribution in [2.45, 2.75) is 19.6 Å². The topological polar surface area (TPSA) is 44.1 Å². The van der Waals surface area contributed by atoms with Gasteiger partial charge in [-0.2, -0.15) is 8.78 Å². The van der Waals surface area contributed by atoms with Crippen molar-refractivity contribution >= 4 is 17.0 Å². The zero-order chi connectivity index (χ0) is 17.3. The van der Waals surface area contributed by atoms with Crippen LogP contribution >= 0.6 is 0 Å². The van der Waals surface area contributed by atoms with Crippen LogP contribution in [-0.4, -0.2) is 15.5 Å². The Hall–Kier alpha value is -2.83. The van der Waals surface area contributed by atoms with E-state index in [0.29, 0.717) is 5.52 Å². The van der Waals surface area contributed by atoms with Crippen molar-refractivity contribution in [2.75, 3.05) is 0 Å². The molecule has 3 rings (SSSR count). The second-order valence-corrected chi connectivity index (χ2v) is 5.16. The van der Waals surface area contributed by atoms with Gasteiger partial charge in [-0.1, -0.05) is 18.2 Å². The number of hydrogen-bond donors (Lipinski definition) is 0. The van der Waals surface area contributed by atoms with E-state index in [1.54, 1.807) is 18.2 Å². The lowest BCUT2D eigenvalue weighted by Crippen LogP contribution is -2.14. The van der Waals surface area contributed by atoms with Gasteiger partial charge in [-0.25, -0.2) is 14.2 Å². The largest absolute Gasteiger partial charge is 0.451 e. The van der Waals surface area contributed by atoms with Crippen LogP contribution in [0.3, 0.4) is 0 Å². The van der Waals surface area contributed by atoms with Crippen LogP contribution in [-0.2, 0) is 4.74 Å². The average molecular weight is 334 g/mol. The first-order chi connectivity index (χ1) is 11.5. The molecular formula is C17H13F3N2O2. The minimum absolute atomic E-state index is 0.00144. The van der Waals surface area contributed by atoms with Crippen LogP contribution in [0.15, 0.2) is 48.5 Å². The molecule has 7 heteroatoms. The lowest BCUT2D eigenvalue weighted by molar-refractivity contribution is 0.0233. The molecular weight excluding hydrogens is 321 g/mol. The molecule has 0 saturated carbocycles. The van der Waals surface area contributed by atoms with E-state index < -0.39 is 24.4 Å². The second-order valence-electron chi connectivity index (χ2n) is 5.16. The lowest BCUT2D eigenvalue weighted by atomic mass is 10.2. The molecule has 0 radical (unpaired) electrons. The van der Waals surface area contributed by atoms with Gasteiger partial charge in [0, 0.05) is 0 Å². The zero-order valence-corrected chi connectivity index (χ0v) is 12.6. The molecule has 0 amide bonds. The Morgan fingerprint density at radius 2 is 1.92 bits per heavy atom. The number of alkyl halides is 2. The van der Waals surface area contributed by atoms with E-state index in [1.165, 1.54) is 31.2 Å². The first-order valence-electron chi connectivity index (χ1n) is 7.19. The molecule has 1 atom stereocenters. The third-order valence-electron chi connectivity index (χ3n) is 3.53. The first kappa shape index (κ1) is 16.0. The molecule has 0 N–H and O–H groups in total. The number of hydrogen-bond acceptors (Lipinski definition) is 3. The van der Waals surface area contributed by atoms with E-state index in [9.17, 15) is 18.0 Å². The molecule has 1 heterocycles. The van der Waals surface area contributed by atoms with Crippen LogP contribution in [0.2, 0.25) is 0 Å². The number of aromatic nitrogens is 2. The molecule has 1 aromatic heterocycles. The number of halogens is 3. The number of carbonyl (C=O) groups is 1. The molecule has 2 aromatic carbocycles. The summed E-state index contributed by atoms with van der Waals surface area (Å²) < 4.78 is 45.9. The van der Waals surface area contributed by atoms with Gasteiger partial charge in [-0.05, 0) is 37.3 Å². The van der Waals surface area contributed by atoms with Gasteiger partial charge >= 0.3 is 12.5 Å². The molecule has 0 saturated heterocycles. The van der Waals surface area contributed by atoms with E-state index in [2.05, 4.69) is 4.98 Å². The highest BCUT2D eigenvalue weighted by molar-refractivity contribution is 5.89. The van der Waals surface area contributed by atoms with Crippen molar-refractivity contribution in [1.82, 2.24) is 9.55 Å². The molecule has 0 bridgehead atoms. The fraction of sp³-hybridized carbons (Fsp3) is 0.176. The van der Waals surface area contributed by atoms with Crippen LogP contribution < -0.4 is 0 Å². The number of rotatable bonds is 4. The van der Waals surface area contributed by atoms with E-state index in [0.717, 1.165) is 10.6 Å². The van der Waals surface area contributed by atoms with E-state index in [1.807, 2.05) is 0 Å². The highest BCUT2D eigenvalue weighted by Gasteiger charge is 2.24. The molecule has 0 unspecified atom stereocenters. The minimum Gasteiger partial charge on any atom is -0.451 e. The number of benzene rings is 2. The van der Waals surface area contributed by atoms with Crippen LogP contribution in [0, 0.1) is 5.82 Å². The molecule has 3 aromatic rings. The number of para-hydroxylation sites is 2. The summed E-state index contributed by atoms with van der Waals surface area (Å²) in [4.78, 5) is 16.2. The fourth-order valence-electron chi connectivity index (χ4n) is 2.45. The second kappa shape index (κ2) is 6.35. The number of esters is 1. The first-order valence-corrected chi connectivity index (χ1v) is 7.19. The predicted molar refractivity (Wildman–Crippen MR) is 81.2 cm³/mol. The van der Waals surface area contributed by atoms with Crippen molar-refractivity contribution < 1.29 is 22.7 Å². The van der Waals surface area contributed by atoms with Crippen molar-refractivity contribution in [3.05, 3.63) is 65.7 Å². The van der Waals surface area contributed by atoms with E-state index in [-0.39, 0.29) is 16.9 Å². The summed E-state index contributed by atoms with van der Waals surface area (Å²) in [5, 5.41) is 0. The number of imidazole rings is 1. The molecule has 0 aliphatic rings. The van der Waals surface area contributed by atoms with Crippen molar-refractivity contribution in [2.24, 2.45) is 0 Å². The third-order valence-corrected chi connectivity index (χ3v) is 3.53. The normalized spacial score (nSPS) is 12.5. The third kappa shape index (κ3) is 2.97. The summed E-state index contributed by atoms with van der Waals surface area (Å²) in [6.07, 6.45) is -1.03. The summed E-state index contributed by atoms with van der Waals surface area (Å²) >= 11 is 0. The van der Waals surface area contributed by atoms with Crippen LogP contribution in [0.5, 0.6) is 0 Å². The molecule has 24 heavy (non-hydrogen) atoms. The van der Waals surface area contributed by atoms with Gasteiger partial charge in [0.15, 0.2) is 11.9 Å². The van der Waals surface area contributed by atoms with Gasteiger partial charge in [0.25, 0.3) is 0 Å². The van der Waals surface area contributed by atoms with Crippen LogP contribution in [0.1, 0.15) is 35.8 Å². The SMILES string of the molecule is C[C@@H](OC(=O)c1cccc(F)c1)c1nc2ccccc2n1C(F)F. The number of nitrogens with zero attached hydrogens (tertiary/aromatic N) is 2. The summed E-state index contributed by atoms with van der Waals surface area (Å²) in [6.45, 7) is -1.39. The maximum absolute atomic E-state index is 13.4. The summed E-state index contributed by atoms with van der Waals surface area (Å²) in [5.41, 5.74) is 0.624. The maximum atomic E-state index is 13.4. The van der Waals surface area contributed by atoms with Gasteiger partial charge in [-0.15, -0.1) is 0 Å². The van der Waals surface area contributed by atoms with Gasteiger partial charge in [0.2, 0.25) is 0 Å². The highest BCUT2D eigenvalue weighted by atomic mass is 19.3. The molecule has 4 nitrogen and oxygen atoms in total. The minimum atomic E-state index is -2.83. The highest BCUT2D eigenvalue weighted by Crippen LogP contribution is 2.28. The summed E-state index contributed by atoms with van der Waals surface area (Å²) in [6, 6.07) is 11.4. The van der Waals surface area contributed by atoms with Crippen molar-refractivity contribution in [1.29, 1.82) is 0 Å². The summed E-state index contributed by atoms with van der Waals surface area (Å²) in [7, 11) is 0. The standard InChI is InChI=1S/C17H13F3N2O2/c1-10(24-16(23)11-5-4-6-12(18)9-11)15-21-13-7-2-3-8-14(13)22(15)17(19)20/h2-10,17H,1H3/t10-/m1/s1. The zero-order valence-electron chi connectivity index (χ0n) is 12.6. The average Bonchev–Trinajstić information content (AvgIpc) is 2.94. The van der Waals surface area contributed by atoms with Gasteiger partial charge in [0.05, 0.1) is 16.6 Å². The van der Waals surface area contributed by atoms with E-state index in [4.69, 9.17) is 4.74 Å². The van der Waals surface area contributed by atoms with Crippen molar-refractivity contribution in [3.63, 3.8) is 0 Å². The Labute approximate surface area is 135 Å². The Bertz CT molecular complexity index is 892. The smallest absolute Gasteiger partial charge is 0.338 e. The van der Waals surface area contributed by atoms with Gasteiger partial charge < -0.3 is 4.74 Å². The molecule has 124 valence electrons. The van der Waals surface area contributed by atoms with Crippen molar-refractivity contribution in [3.8, 4) is 0 Å². The van der Waals surface area contributed by atoms with Crippen LogP contribution in [0.4, 0.5) is 13.2 Å².